The van der Waals surface area contributed by atoms with Gasteiger partial charge in [0, 0.05) is 113 Å². The Bertz CT molecular complexity index is 9540. The topological polar surface area (TPSA) is 144 Å². The summed E-state index contributed by atoms with van der Waals surface area (Å²) in [4.78, 5) is 49.5. The van der Waals surface area contributed by atoms with Crippen LogP contribution in [0.5, 0.6) is 34.5 Å². The van der Waals surface area contributed by atoms with E-state index in [-0.39, 0.29) is 0 Å². The first-order valence-corrected chi connectivity index (χ1v) is 50.7. The minimum Gasteiger partial charge on any atom is -0.456 e. The molecular weight excluding hydrogens is 1830 g/mol. The number of fused-ring (bicyclic) bond motifs is 27. The maximum Gasteiger partial charge on any atom is 0.179 e. The largest absolute Gasteiger partial charge is 0.456 e. The first-order valence-electron chi connectivity index (χ1n) is 50.7. The molecule has 30 rings (SSSR count). The number of ether oxygens (including phenoxy) is 3. The normalized spacial score (nSPS) is 14.7. The molecule has 0 saturated heterocycles. The maximum absolute atomic E-state index is 7.46. The van der Waals surface area contributed by atoms with Crippen LogP contribution >= 0.6 is 0 Å². The Morgan fingerprint density at radius 3 is 0.907 bits per heavy atom. The Hall–Kier alpha value is -20.0. The van der Waals surface area contributed by atoms with Crippen LogP contribution in [-0.4, -0.2) is 44.9 Å². The van der Waals surface area contributed by atoms with Gasteiger partial charge in [-0.3, -0.25) is 9.97 Å². The second kappa shape index (κ2) is 34.1. The highest BCUT2D eigenvalue weighted by molar-refractivity contribution is 6.02. The molecule has 2 atom stereocenters. The van der Waals surface area contributed by atoms with Crippen molar-refractivity contribution < 1.29 is 14.2 Å². The predicted molar refractivity (Wildman–Crippen MR) is 595 cm³/mol. The molecule has 24 aromatic rings. The lowest BCUT2D eigenvalue weighted by Crippen LogP contribution is -2.32. The summed E-state index contributed by atoms with van der Waals surface area (Å²) in [6.45, 7) is 0. The maximum atomic E-state index is 7.46. The van der Waals surface area contributed by atoms with Crippen LogP contribution in [0.25, 0.3) is 191 Å². The van der Waals surface area contributed by atoms with Crippen LogP contribution in [-0.2, 0) is 16.2 Å². The molecule has 3 aliphatic heterocycles. The van der Waals surface area contributed by atoms with Crippen molar-refractivity contribution >= 4 is 0 Å². The van der Waals surface area contributed by atoms with Gasteiger partial charge in [-0.2, -0.15) is 0 Å². The monoisotopic (exact) mass is 1910 g/mol. The molecule has 12 nitrogen and oxygen atoms in total. The second-order valence-corrected chi connectivity index (χ2v) is 39.0. The highest BCUT2D eigenvalue weighted by atomic mass is 16.5. The molecule has 0 saturated carbocycles. The molecule has 0 fully saturated rings. The SMILES string of the molecule is c1ccc(-c2cc(-c3cccc(-c4cccc5c4-c4ccccc4C54c5ccccc5Oc5c(-c6cccc(-c7nc(-c8ccccc8)cc(-c8ccccc8)n7)n6)cccc54)c3)nc(-c3ccc(-c4cccc5c4Oc4ccccc4C54c5ccccc5-c5c(-c6cnc(-c7cccc8c7Oc7ccccc7C87c8ccccc8-c8ccccc87)c(-c7nc(-c8ccccc8)cc(-c8ccccc8)n7)c6)cccc54)nc3)n2)cc1. The Kier molecular flexibility index (Phi) is 19.5. The molecule has 0 N–H and O–H groups in total. The summed E-state index contributed by atoms with van der Waals surface area (Å²) in [5, 5.41) is 0. The molecule has 150 heavy (non-hydrogen) atoms. The summed E-state index contributed by atoms with van der Waals surface area (Å²) >= 11 is 0. The fourth-order valence-electron chi connectivity index (χ4n) is 24.8. The summed E-state index contributed by atoms with van der Waals surface area (Å²) in [5.41, 5.74) is 38.7. The minimum atomic E-state index is -0.904. The van der Waals surface area contributed by atoms with E-state index in [0.717, 1.165) is 236 Å². The van der Waals surface area contributed by atoms with Gasteiger partial charge in [0.05, 0.1) is 67.5 Å². The Morgan fingerprint density at radius 2 is 0.453 bits per heavy atom. The van der Waals surface area contributed by atoms with Crippen molar-refractivity contribution in [2.45, 2.75) is 16.2 Å². The summed E-state index contributed by atoms with van der Waals surface area (Å²) in [6, 6.07) is 174. The van der Waals surface area contributed by atoms with Crippen molar-refractivity contribution in [3.63, 3.8) is 0 Å². The van der Waals surface area contributed by atoms with Crippen LogP contribution in [0, 0.1) is 0 Å². The van der Waals surface area contributed by atoms with Crippen LogP contribution < -0.4 is 14.2 Å². The zero-order chi connectivity index (χ0) is 98.7. The molecule has 12 heteroatoms. The standard InChI is InChI=1S/C138H83N9O3/c1-6-37-84(38-7-1)118-81-123(90-48-30-47-89(77-90)93-53-31-65-110-127(93)97-51-18-22-60-105(97)137(110)109-64-26-29-74-126(109)149-131-100(56-34-68-113(131)137)116-70-36-71-117(141-116)135-146-121(87-43-12-4-13-44-87)80-122(147-135)88-45-14-5-15-46-88)143-133(142-118)91-75-76-115(139-82-91)99-55-33-67-112-130(99)148-125-73-28-25-63-108(125)138(112)106-61-23-19-52-98(106)128-94(54-32-66-111(128)138)92-78-102(134-144-119(85-39-8-2-9-40-85)79-120(145-134)86-41-10-3-11-42-86)129(140-83-92)101-57-35-69-114-132(101)150-124-72-27-24-62-107(124)136(114)103-58-20-16-49-95(103)96-50-17-21-59-104(96)136/h1-83H. The van der Waals surface area contributed by atoms with E-state index in [1.54, 1.807) is 0 Å². The number of aromatic nitrogens is 9. The van der Waals surface area contributed by atoms with E-state index < -0.39 is 16.2 Å². The number of hydrogen-bond donors (Lipinski definition) is 0. The van der Waals surface area contributed by atoms with E-state index in [9.17, 15) is 0 Å². The van der Waals surface area contributed by atoms with Crippen molar-refractivity contribution in [3.8, 4) is 226 Å². The van der Waals surface area contributed by atoms with Gasteiger partial charge in [-0.25, -0.2) is 34.9 Å². The summed E-state index contributed by atoms with van der Waals surface area (Å²) < 4.78 is 22.2. The molecular formula is C138H83N9O3. The van der Waals surface area contributed by atoms with E-state index in [1.165, 1.54) is 22.3 Å². The number of nitrogens with zero attached hydrogens (tertiary/aromatic N) is 9. The number of hydrogen-bond acceptors (Lipinski definition) is 12. The lowest BCUT2D eigenvalue weighted by atomic mass is 9.65. The zero-order valence-electron chi connectivity index (χ0n) is 80.7. The van der Waals surface area contributed by atoms with Gasteiger partial charge in [0.2, 0.25) is 0 Å². The number of para-hydroxylation sites is 6. The molecule has 6 aromatic heterocycles. The van der Waals surface area contributed by atoms with Crippen LogP contribution in [0.2, 0.25) is 0 Å². The fraction of sp³-hybridized carbons (Fsp3) is 0.0217. The molecule has 3 aliphatic carbocycles. The van der Waals surface area contributed by atoms with E-state index in [4.69, 9.17) is 59.1 Å². The van der Waals surface area contributed by atoms with Crippen molar-refractivity contribution in [1.29, 1.82) is 0 Å². The average Bonchev–Trinajstić information content (AvgIpc) is 1.52. The smallest absolute Gasteiger partial charge is 0.179 e. The predicted octanol–water partition coefficient (Wildman–Crippen LogP) is 33.0. The molecule has 2 unspecified atom stereocenters. The van der Waals surface area contributed by atoms with Gasteiger partial charge in [-0.1, -0.05) is 400 Å². The Labute approximate surface area is 865 Å². The molecule has 9 heterocycles. The summed E-state index contributed by atoms with van der Waals surface area (Å²) in [6.07, 6.45) is 3.95. The van der Waals surface area contributed by atoms with Crippen molar-refractivity contribution in [2.24, 2.45) is 0 Å². The number of benzene rings is 18. The summed E-state index contributed by atoms with van der Waals surface area (Å²) in [7, 11) is 0. The molecule has 6 aliphatic rings. The summed E-state index contributed by atoms with van der Waals surface area (Å²) in [5.74, 6) is 6.01. The number of pyridine rings is 3. The molecule has 18 aromatic carbocycles. The Balaban J connectivity index is 0.527. The van der Waals surface area contributed by atoms with Gasteiger partial charge < -0.3 is 14.2 Å². The third-order valence-corrected chi connectivity index (χ3v) is 31.1. The minimum absolute atomic E-state index is 0.513. The van der Waals surface area contributed by atoms with Crippen LogP contribution in [0.3, 0.4) is 0 Å². The zero-order valence-corrected chi connectivity index (χ0v) is 80.7. The lowest BCUT2D eigenvalue weighted by Gasteiger charge is -2.40. The highest BCUT2D eigenvalue weighted by Gasteiger charge is 2.56. The molecule has 698 valence electrons. The fourth-order valence-corrected chi connectivity index (χ4v) is 24.8. The van der Waals surface area contributed by atoms with Gasteiger partial charge in [-0.15, -0.1) is 0 Å². The van der Waals surface area contributed by atoms with Gasteiger partial charge in [-0.05, 0) is 174 Å². The van der Waals surface area contributed by atoms with E-state index in [2.05, 4.69) is 425 Å². The van der Waals surface area contributed by atoms with Crippen LogP contribution in [0.15, 0.2) is 504 Å². The quantitative estimate of drug-likeness (QED) is 0.102. The van der Waals surface area contributed by atoms with Crippen molar-refractivity contribution in [1.82, 2.24) is 44.9 Å². The van der Waals surface area contributed by atoms with E-state index in [1.807, 2.05) is 79.1 Å². The van der Waals surface area contributed by atoms with E-state index >= 15 is 0 Å². The lowest BCUT2D eigenvalue weighted by molar-refractivity contribution is 0.437. The second-order valence-electron chi connectivity index (χ2n) is 39.0. The first-order chi connectivity index (χ1) is 74.3. The van der Waals surface area contributed by atoms with E-state index in [0.29, 0.717) is 34.6 Å². The van der Waals surface area contributed by atoms with Crippen molar-refractivity contribution in [3.05, 3.63) is 571 Å². The van der Waals surface area contributed by atoms with Gasteiger partial charge >= 0.3 is 0 Å². The number of rotatable bonds is 14. The first kappa shape index (κ1) is 85.6. The molecule has 0 amide bonds. The highest BCUT2D eigenvalue weighted by Crippen LogP contribution is 2.69. The third-order valence-electron chi connectivity index (χ3n) is 31.1. The van der Waals surface area contributed by atoms with Crippen LogP contribution in [0.1, 0.15) is 66.8 Å². The molecule has 3 spiro atoms. The Morgan fingerprint density at radius 1 is 0.147 bits per heavy atom. The molecule has 0 radical (unpaired) electrons. The molecule has 0 bridgehead atoms. The van der Waals surface area contributed by atoms with Gasteiger partial charge in [0.15, 0.2) is 17.5 Å². The average molecular weight is 1920 g/mol. The van der Waals surface area contributed by atoms with Crippen LogP contribution in [0.4, 0.5) is 0 Å². The third kappa shape index (κ3) is 13.0. The van der Waals surface area contributed by atoms with Gasteiger partial charge in [0.1, 0.15) is 40.2 Å². The van der Waals surface area contributed by atoms with Crippen molar-refractivity contribution in [2.75, 3.05) is 0 Å². The van der Waals surface area contributed by atoms with Gasteiger partial charge in [0.25, 0.3) is 0 Å².